The lowest BCUT2D eigenvalue weighted by Crippen LogP contribution is -2.49. The van der Waals surface area contributed by atoms with Crippen LogP contribution < -0.4 is 11.1 Å². The summed E-state index contributed by atoms with van der Waals surface area (Å²) in [6.45, 7) is 4.90. The van der Waals surface area contributed by atoms with E-state index in [1.165, 1.54) is 19.1 Å². The van der Waals surface area contributed by atoms with Crippen molar-refractivity contribution in [3.8, 4) is 0 Å². The lowest BCUT2D eigenvalue weighted by Gasteiger charge is -2.27. The Bertz CT molecular complexity index is 769. The summed E-state index contributed by atoms with van der Waals surface area (Å²) >= 11 is 0. The number of amides is 5. The van der Waals surface area contributed by atoms with Gasteiger partial charge in [-0.15, -0.1) is 0 Å². The highest BCUT2D eigenvalue weighted by Crippen LogP contribution is 2.27. The first kappa shape index (κ1) is 20.1. The highest BCUT2D eigenvalue weighted by molar-refractivity contribution is 6.22. The Kier molecular flexibility index (Phi) is 5.94. The molecule has 144 valence electrons. The highest BCUT2D eigenvalue weighted by atomic mass is 16.5. The topological polar surface area (TPSA) is 136 Å². The summed E-state index contributed by atoms with van der Waals surface area (Å²) in [5.41, 5.74) is 5.29. The molecule has 0 radical (unpaired) electrons. The van der Waals surface area contributed by atoms with Gasteiger partial charge in [0.05, 0.1) is 11.1 Å². The molecule has 2 unspecified atom stereocenters. The van der Waals surface area contributed by atoms with Crippen molar-refractivity contribution in [1.29, 1.82) is 0 Å². The molecular formula is C18H21N3O6. The zero-order chi connectivity index (χ0) is 20.3. The van der Waals surface area contributed by atoms with E-state index in [9.17, 15) is 24.0 Å². The second-order valence-electron chi connectivity index (χ2n) is 6.60. The minimum atomic E-state index is -1.32. The van der Waals surface area contributed by atoms with Crippen molar-refractivity contribution in [1.82, 2.24) is 10.2 Å². The molecule has 0 fully saturated rings. The average molecular weight is 375 g/mol. The van der Waals surface area contributed by atoms with Crippen LogP contribution in [0.3, 0.4) is 0 Å². The summed E-state index contributed by atoms with van der Waals surface area (Å²) in [6.07, 6.45) is -1.16. The van der Waals surface area contributed by atoms with Crippen LogP contribution in [0.15, 0.2) is 24.3 Å². The van der Waals surface area contributed by atoms with Crippen LogP contribution in [0.1, 0.15) is 47.9 Å². The number of esters is 1. The van der Waals surface area contributed by atoms with E-state index in [1.54, 1.807) is 17.4 Å². The summed E-state index contributed by atoms with van der Waals surface area (Å²) < 4.78 is 5.08. The van der Waals surface area contributed by atoms with Gasteiger partial charge in [-0.1, -0.05) is 26.0 Å². The minimum absolute atomic E-state index is 0.0402. The number of ether oxygens (including phenoxy) is 1. The number of imide groups is 2. The van der Waals surface area contributed by atoms with Gasteiger partial charge < -0.3 is 10.5 Å². The molecule has 2 atom stereocenters. The van der Waals surface area contributed by atoms with Crippen LogP contribution in [0.5, 0.6) is 0 Å². The summed E-state index contributed by atoms with van der Waals surface area (Å²) in [7, 11) is 0. The van der Waals surface area contributed by atoms with Gasteiger partial charge in [-0.2, -0.15) is 0 Å². The molecule has 0 bridgehead atoms. The molecule has 1 aliphatic heterocycles. The summed E-state index contributed by atoms with van der Waals surface area (Å²) in [6, 6.07) is 3.99. The number of hydrogen-bond acceptors (Lipinski definition) is 6. The number of nitrogens with one attached hydrogen (secondary N) is 1. The van der Waals surface area contributed by atoms with Crippen LogP contribution in [0, 0.1) is 5.92 Å². The first-order valence-corrected chi connectivity index (χ1v) is 8.41. The Morgan fingerprint density at radius 2 is 1.59 bits per heavy atom. The second kappa shape index (κ2) is 7.98. The first-order chi connectivity index (χ1) is 12.6. The van der Waals surface area contributed by atoms with Crippen molar-refractivity contribution < 1.29 is 28.7 Å². The van der Waals surface area contributed by atoms with Crippen molar-refractivity contribution >= 4 is 29.7 Å². The van der Waals surface area contributed by atoms with E-state index < -0.39 is 41.9 Å². The third kappa shape index (κ3) is 4.30. The Balaban J connectivity index is 2.24. The van der Waals surface area contributed by atoms with Crippen LogP contribution >= 0.6 is 0 Å². The highest BCUT2D eigenvalue weighted by Gasteiger charge is 2.44. The second-order valence-corrected chi connectivity index (χ2v) is 6.60. The van der Waals surface area contributed by atoms with Gasteiger partial charge >= 0.3 is 12.0 Å². The fourth-order valence-corrected chi connectivity index (χ4v) is 2.77. The molecular weight excluding hydrogens is 354 g/mol. The predicted molar refractivity (Wildman–Crippen MR) is 93.5 cm³/mol. The normalized spacial score (nSPS) is 15.3. The number of carbonyl (C=O) groups excluding carboxylic acids is 5. The van der Waals surface area contributed by atoms with Crippen molar-refractivity contribution in [2.75, 3.05) is 0 Å². The van der Waals surface area contributed by atoms with E-state index >= 15 is 0 Å². The number of nitrogens with two attached hydrogens (primary N) is 1. The maximum absolute atomic E-state index is 12.7. The molecule has 1 aromatic carbocycles. The lowest BCUT2D eigenvalue weighted by atomic mass is 10.0. The molecule has 0 spiro atoms. The van der Waals surface area contributed by atoms with Crippen molar-refractivity contribution in [3.05, 3.63) is 35.4 Å². The van der Waals surface area contributed by atoms with Gasteiger partial charge in [0.15, 0.2) is 6.10 Å². The monoisotopic (exact) mass is 375 g/mol. The number of benzene rings is 1. The van der Waals surface area contributed by atoms with E-state index in [-0.39, 0.29) is 23.5 Å². The number of fused-ring (bicyclic) bond motifs is 1. The van der Waals surface area contributed by atoms with Gasteiger partial charge in [0.25, 0.3) is 17.7 Å². The van der Waals surface area contributed by atoms with Crippen molar-refractivity contribution in [2.24, 2.45) is 11.7 Å². The molecule has 0 aromatic heterocycles. The number of nitrogens with zero attached hydrogens (tertiary/aromatic N) is 1. The molecule has 9 heteroatoms. The average Bonchev–Trinajstić information content (AvgIpc) is 2.83. The molecule has 0 saturated carbocycles. The van der Waals surface area contributed by atoms with E-state index in [0.717, 1.165) is 4.90 Å². The van der Waals surface area contributed by atoms with Crippen molar-refractivity contribution in [2.45, 2.75) is 39.3 Å². The van der Waals surface area contributed by atoms with E-state index in [4.69, 9.17) is 10.5 Å². The van der Waals surface area contributed by atoms with Crippen molar-refractivity contribution in [3.63, 3.8) is 0 Å². The number of carbonyl (C=O) groups is 5. The molecule has 3 N–H and O–H groups in total. The largest absolute Gasteiger partial charge is 0.451 e. The number of primary amides is 1. The standard InChI is InChI=1S/C18H21N3O6/c1-9(2)8-13(17(25)27-10(3)14(22)20-18(19)26)21-15(23)11-6-4-5-7-12(11)16(21)24/h4-7,9-10,13H,8H2,1-3H3,(H3,19,20,22,26). The predicted octanol–water partition coefficient (Wildman–Crippen LogP) is 0.824. The summed E-state index contributed by atoms with van der Waals surface area (Å²) in [5, 5.41) is 1.80. The smallest absolute Gasteiger partial charge is 0.330 e. The minimum Gasteiger partial charge on any atom is -0.451 e. The molecule has 1 aromatic rings. The molecule has 0 aliphatic carbocycles. The molecule has 1 aliphatic rings. The third-order valence-corrected chi connectivity index (χ3v) is 4.01. The van der Waals surface area contributed by atoms with E-state index in [1.807, 2.05) is 13.8 Å². The fourth-order valence-electron chi connectivity index (χ4n) is 2.77. The number of hydrogen-bond donors (Lipinski definition) is 2. The van der Waals surface area contributed by atoms with E-state index in [2.05, 4.69) is 0 Å². The van der Waals surface area contributed by atoms with Gasteiger partial charge in [0.1, 0.15) is 6.04 Å². The SMILES string of the molecule is CC(C)CC(C(=O)OC(C)C(=O)NC(N)=O)N1C(=O)c2ccccc2C1=O. The molecule has 27 heavy (non-hydrogen) atoms. The quantitative estimate of drug-likeness (QED) is 0.558. The maximum atomic E-state index is 12.7. The molecule has 1 heterocycles. The molecule has 9 nitrogen and oxygen atoms in total. The molecule has 2 rings (SSSR count). The van der Waals surface area contributed by atoms with Crippen LogP contribution in [0.25, 0.3) is 0 Å². The van der Waals surface area contributed by atoms with Crippen LogP contribution in [-0.2, 0) is 14.3 Å². The zero-order valence-corrected chi connectivity index (χ0v) is 15.2. The Morgan fingerprint density at radius 1 is 1.07 bits per heavy atom. The van der Waals surface area contributed by atoms with Gasteiger partial charge in [0, 0.05) is 0 Å². The Morgan fingerprint density at radius 3 is 2.04 bits per heavy atom. The Hall–Kier alpha value is -3.23. The maximum Gasteiger partial charge on any atom is 0.330 e. The van der Waals surface area contributed by atoms with Gasteiger partial charge in [0.2, 0.25) is 0 Å². The van der Waals surface area contributed by atoms with E-state index in [0.29, 0.717) is 0 Å². The van der Waals surface area contributed by atoms with Crippen LogP contribution in [0.2, 0.25) is 0 Å². The summed E-state index contributed by atoms with van der Waals surface area (Å²) in [4.78, 5) is 61.3. The van der Waals surface area contributed by atoms with Gasteiger partial charge in [-0.3, -0.25) is 24.6 Å². The summed E-state index contributed by atoms with van der Waals surface area (Å²) in [5.74, 6) is -3.03. The van der Waals surface area contributed by atoms with Gasteiger partial charge in [-0.25, -0.2) is 9.59 Å². The number of rotatable bonds is 6. The first-order valence-electron chi connectivity index (χ1n) is 8.41. The number of urea groups is 1. The Labute approximate surface area is 155 Å². The zero-order valence-electron chi connectivity index (χ0n) is 15.2. The van der Waals surface area contributed by atoms with Crippen LogP contribution in [-0.4, -0.2) is 46.8 Å². The fraction of sp³-hybridized carbons (Fsp3) is 0.389. The third-order valence-electron chi connectivity index (χ3n) is 4.01. The molecule has 5 amide bonds. The molecule has 0 saturated heterocycles. The van der Waals surface area contributed by atoms with Crippen LogP contribution in [0.4, 0.5) is 4.79 Å². The van der Waals surface area contributed by atoms with Gasteiger partial charge in [-0.05, 0) is 31.4 Å². The lowest BCUT2D eigenvalue weighted by molar-refractivity contribution is -0.158.